The molecule has 0 saturated carbocycles. The molecular formula is C27H24ClNO8. The van der Waals surface area contributed by atoms with E-state index in [-0.39, 0.29) is 46.6 Å². The summed E-state index contributed by atoms with van der Waals surface area (Å²) in [4.78, 5) is 41.1. The molecule has 1 unspecified atom stereocenters. The highest BCUT2D eigenvalue weighted by Crippen LogP contribution is 2.55. The highest BCUT2D eigenvalue weighted by molar-refractivity contribution is 6.36. The van der Waals surface area contributed by atoms with E-state index in [1.54, 1.807) is 19.1 Å². The number of rotatable bonds is 3. The Hall–Kier alpha value is -3.72. The molecule has 0 radical (unpaired) electrons. The second-order valence-corrected chi connectivity index (χ2v) is 9.88. The van der Waals surface area contributed by atoms with Crippen LogP contribution in [-0.4, -0.2) is 50.5 Å². The molecule has 0 aromatic heterocycles. The van der Waals surface area contributed by atoms with Gasteiger partial charge in [0.1, 0.15) is 35.3 Å². The average Bonchev–Trinajstić information content (AvgIpc) is 3.21. The van der Waals surface area contributed by atoms with Gasteiger partial charge < -0.3 is 29.0 Å². The predicted octanol–water partition coefficient (Wildman–Crippen LogP) is 3.61. The van der Waals surface area contributed by atoms with Crippen LogP contribution in [0.5, 0.6) is 28.7 Å². The minimum atomic E-state index is -1.85. The monoisotopic (exact) mass is 525 g/mol. The molecule has 3 heterocycles. The zero-order valence-electron chi connectivity index (χ0n) is 20.4. The summed E-state index contributed by atoms with van der Waals surface area (Å²) in [5.74, 6) is -0.736. The number of ketones is 2. The first-order valence-electron chi connectivity index (χ1n) is 12.0. The number of Topliss-reactive ketones (excluding diaryl/α,β-unsaturated/α-hetero) is 2. The number of carbonyl (C=O) groups excluding carboxylic acids is 3. The van der Waals surface area contributed by atoms with Crippen LogP contribution in [0.4, 0.5) is 0 Å². The second kappa shape index (κ2) is 8.41. The molecule has 4 aliphatic rings. The van der Waals surface area contributed by atoms with Crippen molar-refractivity contribution in [3.05, 3.63) is 51.7 Å². The van der Waals surface area contributed by atoms with Crippen molar-refractivity contribution in [3.63, 3.8) is 0 Å². The summed E-state index contributed by atoms with van der Waals surface area (Å²) in [7, 11) is 2.86. The number of nitrogens with one attached hydrogen (secondary N) is 1. The summed E-state index contributed by atoms with van der Waals surface area (Å²) in [5, 5.41) is 2.95. The molecule has 6 rings (SSSR count). The van der Waals surface area contributed by atoms with Crippen molar-refractivity contribution >= 4 is 29.1 Å². The molecule has 0 saturated heterocycles. The zero-order chi connectivity index (χ0) is 26.1. The number of methoxy groups -OCH3 is 2. The number of ether oxygens (including phenoxy) is 5. The fourth-order valence-corrected chi connectivity index (χ4v) is 6.02. The summed E-state index contributed by atoms with van der Waals surface area (Å²) in [6.45, 7) is 2.61. The standard InChI is InChI=1S/C27H24ClNO8/c1-12-8-15-21(14(10-20(30)29-15)13-4-5-16-17(9-13)36-7-6-35-16)25(31)27(12)26(32)22-18(33-2)11-19(34-3)23(28)24(22)37-27/h4-5,9,11-12,14H,6-8,10H2,1-3H3,(H,29,30)/t12-,14?,27+/m1/s1. The van der Waals surface area contributed by atoms with Gasteiger partial charge in [0.15, 0.2) is 17.2 Å². The van der Waals surface area contributed by atoms with Gasteiger partial charge in [0.25, 0.3) is 0 Å². The number of amides is 1. The molecule has 3 aliphatic heterocycles. The molecule has 0 bridgehead atoms. The van der Waals surface area contributed by atoms with E-state index in [1.165, 1.54) is 20.3 Å². The maximum atomic E-state index is 14.4. The van der Waals surface area contributed by atoms with E-state index < -0.39 is 29.0 Å². The van der Waals surface area contributed by atoms with Crippen LogP contribution in [0.3, 0.4) is 0 Å². The molecule has 1 spiro atoms. The highest BCUT2D eigenvalue weighted by atomic mass is 35.5. The minimum Gasteiger partial charge on any atom is -0.496 e. The molecule has 1 N–H and O–H groups in total. The lowest BCUT2D eigenvalue weighted by molar-refractivity contribution is -0.131. The smallest absolute Gasteiger partial charge is 0.236 e. The molecule has 10 heteroatoms. The molecule has 9 nitrogen and oxygen atoms in total. The Labute approximate surface area is 217 Å². The van der Waals surface area contributed by atoms with Crippen molar-refractivity contribution in [3.8, 4) is 28.7 Å². The summed E-state index contributed by atoms with van der Waals surface area (Å²) in [5.41, 5.74) is -0.184. The largest absolute Gasteiger partial charge is 0.496 e. The van der Waals surface area contributed by atoms with E-state index in [9.17, 15) is 14.4 Å². The lowest BCUT2D eigenvalue weighted by atomic mass is 9.66. The van der Waals surface area contributed by atoms with E-state index in [0.29, 0.717) is 41.5 Å². The molecular weight excluding hydrogens is 502 g/mol. The van der Waals surface area contributed by atoms with E-state index >= 15 is 0 Å². The number of benzene rings is 2. The molecule has 1 aliphatic carbocycles. The SMILES string of the molecule is COc1cc(OC)c2c(c1Cl)O[C@@]1(C(=O)C3=C(C[C@H]1C)NC(=O)CC3c1ccc3c(c1)OCCO3)C2=O. The van der Waals surface area contributed by atoms with Gasteiger partial charge in [0.05, 0.1) is 14.2 Å². The third kappa shape index (κ3) is 3.26. The number of allylic oxidation sites excluding steroid dienone is 1. The Morgan fingerprint density at radius 1 is 0.973 bits per heavy atom. The van der Waals surface area contributed by atoms with E-state index in [4.69, 9.17) is 35.3 Å². The molecule has 0 fully saturated rings. The summed E-state index contributed by atoms with van der Waals surface area (Å²) in [6.07, 6.45) is 0.290. The van der Waals surface area contributed by atoms with Crippen molar-refractivity contribution in [1.29, 1.82) is 0 Å². The van der Waals surface area contributed by atoms with Crippen LogP contribution in [0, 0.1) is 5.92 Å². The Morgan fingerprint density at radius 3 is 2.43 bits per heavy atom. The van der Waals surface area contributed by atoms with Gasteiger partial charge in [0.2, 0.25) is 23.1 Å². The van der Waals surface area contributed by atoms with E-state index in [1.807, 2.05) is 6.07 Å². The first-order chi connectivity index (χ1) is 17.8. The first kappa shape index (κ1) is 23.7. The van der Waals surface area contributed by atoms with Gasteiger partial charge >= 0.3 is 0 Å². The van der Waals surface area contributed by atoms with Gasteiger partial charge in [-0.1, -0.05) is 24.6 Å². The second-order valence-electron chi connectivity index (χ2n) is 9.50. The van der Waals surface area contributed by atoms with Crippen LogP contribution in [0.15, 0.2) is 35.5 Å². The van der Waals surface area contributed by atoms with Gasteiger partial charge in [-0.05, 0) is 24.1 Å². The number of hydrogen-bond donors (Lipinski definition) is 1. The van der Waals surface area contributed by atoms with Gasteiger partial charge in [-0.2, -0.15) is 0 Å². The van der Waals surface area contributed by atoms with Gasteiger partial charge in [-0.3, -0.25) is 14.4 Å². The van der Waals surface area contributed by atoms with Crippen molar-refractivity contribution in [2.24, 2.45) is 5.92 Å². The fourth-order valence-electron chi connectivity index (χ4n) is 5.75. The minimum absolute atomic E-state index is 0.0354. The summed E-state index contributed by atoms with van der Waals surface area (Å²) < 4.78 is 28.4. The lowest BCUT2D eigenvalue weighted by Gasteiger charge is -2.41. The lowest BCUT2D eigenvalue weighted by Crippen LogP contribution is -2.59. The summed E-state index contributed by atoms with van der Waals surface area (Å²) in [6, 6.07) is 6.88. The Bertz CT molecular complexity index is 1420. The van der Waals surface area contributed by atoms with Crippen LogP contribution in [0.2, 0.25) is 5.02 Å². The maximum absolute atomic E-state index is 14.4. The number of carbonyl (C=O) groups is 3. The van der Waals surface area contributed by atoms with Crippen LogP contribution in [-0.2, 0) is 9.59 Å². The van der Waals surface area contributed by atoms with E-state index in [0.717, 1.165) is 0 Å². The molecule has 192 valence electrons. The maximum Gasteiger partial charge on any atom is 0.236 e. The Balaban J connectivity index is 1.48. The topological polar surface area (TPSA) is 109 Å². The zero-order valence-corrected chi connectivity index (χ0v) is 21.2. The van der Waals surface area contributed by atoms with Gasteiger partial charge in [-0.25, -0.2) is 0 Å². The van der Waals surface area contributed by atoms with Gasteiger partial charge in [-0.15, -0.1) is 0 Å². The molecule has 3 atom stereocenters. The van der Waals surface area contributed by atoms with Crippen molar-refractivity contribution < 1.29 is 38.1 Å². The molecule has 2 aromatic rings. The predicted molar refractivity (Wildman–Crippen MR) is 131 cm³/mol. The molecule has 1 amide bonds. The van der Waals surface area contributed by atoms with Crippen LogP contribution in [0.25, 0.3) is 0 Å². The normalized spacial score (nSPS) is 25.9. The van der Waals surface area contributed by atoms with Gasteiger partial charge in [0, 0.05) is 35.6 Å². The third-order valence-electron chi connectivity index (χ3n) is 7.53. The highest BCUT2D eigenvalue weighted by Gasteiger charge is 2.63. The summed E-state index contributed by atoms with van der Waals surface area (Å²) >= 11 is 6.53. The number of hydrogen-bond acceptors (Lipinski definition) is 8. The van der Waals surface area contributed by atoms with E-state index in [2.05, 4.69) is 5.32 Å². The van der Waals surface area contributed by atoms with Crippen molar-refractivity contribution in [2.75, 3.05) is 27.4 Å². The van der Waals surface area contributed by atoms with Crippen LogP contribution >= 0.6 is 11.6 Å². The Kier molecular flexibility index (Phi) is 5.38. The number of halogens is 1. The van der Waals surface area contributed by atoms with Crippen LogP contribution < -0.4 is 29.0 Å². The first-order valence-corrected chi connectivity index (χ1v) is 12.3. The molecule has 37 heavy (non-hydrogen) atoms. The quantitative estimate of drug-likeness (QED) is 0.605. The third-order valence-corrected chi connectivity index (χ3v) is 7.88. The average molecular weight is 526 g/mol. The molecule has 2 aromatic carbocycles. The number of fused-ring (bicyclic) bond motifs is 2. The van der Waals surface area contributed by atoms with Crippen molar-refractivity contribution in [1.82, 2.24) is 5.32 Å². The Morgan fingerprint density at radius 2 is 1.70 bits per heavy atom. The van der Waals surface area contributed by atoms with Crippen LogP contribution in [0.1, 0.15) is 41.6 Å². The van der Waals surface area contributed by atoms with Crippen molar-refractivity contribution in [2.45, 2.75) is 31.3 Å². The fraction of sp³-hybridized carbons (Fsp3) is 0.370.